The molecule has 4 nitrogen and oxygen atoms in total. The number of aliphatic hydroxyl groups is 1. The van der Waals surface area contributed by atoms with Crippen LogP contribution in [-0.2, 0) is 10.1 Å². The fourth-order valence-electron chi connectivity index (χ4n) is 4.03. The molecule has 0 aliphatic carbocycles. The predicted octanol–water partition coefficient (Wildman–Crippen LogP) is 7.45. The Balaban J connectivity index is 3.34. The van der Waals surface area contributed by atoms with E-state index in [2.05, 4.69) is 6.92 Å². The molecule has 5 heteroatoms. The first-order chi connectivity index (χ1) is 13.9. The molecule has 0 heterocycles. The van der Waals surface area contributed by atoms with Crippen molar-refractivity contribution in [2.45, 2.75) is 154 Å². The molecule has 0 aromatic carbocycles. The van der Waals surface area contributed by atoms with E-state index < -0.39 is 15.4 Å². The van der Waals surface area contributed by atoms with Crippen LogP contribution in [0.1, 0.15) is 142 Å². The van der Waals surface area contributed by atoms with Crippen LogP contribution < -0.4 is 0 Å². The van der Waals surface area contributed by atoms with Crippen LogP contribution in [0.3, 0.4) is 0 Å². The van der Waals surface area contributed by atoms with Crippen LogP contribution in [0.25, 0.3) is 0 Å². The van der Waals surface area contributed by atoms with Crippen LogP contribution in [0.15, 0.2) is 0 Å². The van der Waals surface area contributed by atoms with Gasteiger partial charge in [-0.05, 0) is 25.7 Å². The number of unbranched alkanes of at least 4 members (excludes halogenated alkanes) is 14. The van der Waals surface area contributed by atoms with Gasteiger partial charge in [0.05, 0.1) is 11.4 Å². The van der Waals surface area contributed by atoms with Crippen molar-refractivity contribution in [1.82, 2.24) is 0 Å². The zero-order valence-electron chi connectivity index (χ0n) is 19.4. The third-order valence-corrected chi connectivity index (χ3v) is 7.49. The molecular formula is C24H50O4S. The minimum absolute atomic E-state index is 0.266. The van der Waals surface area contributed by atoms with E-state index in [1.165, 1.54) is 83.5 Å². The van der Waals surface area contributed by atoms with Gasteiger partial charge in [-0.2, -0.15) is 8.42 Å². The Morgan fingerprint density at radius 1 is 0.586 bits per heavy atom. The summed E-state index contributed by atoms with van der Waals surface area (Å²) in [5, 5.41) is 9.41. The quantitative estimate of drug-likeness (QED) is 0.137. The molecule has 0 aliphatic rings. The Morgan fingerprint density at radius 3 is 1.31 bits per heavy atom. The van der Waals surface area contributed by atoms with Gasteiger partial charge in [0.25, 0.3) is 10.1 Å². The second-order valence-corrected chi connectivity index (χ2v) is 10.6. The molecule has 0 fully saturated rings. The Morgan fingerprint density at radius 2 is 0.931 bits per heavy atom. The molecule has 0 spiro atoms. The van der Waals surface area contributed by atoms with E-state index in [-0.39, 0.29) is 6.10 Å². The van der Waals surface area contributed by atoms with Crippen LogP contribution in [-0.4, -0.2) is 29.4 Å². The van der Waals surface area contributed by atoms with E-state index in [1.54, 1.807) is 6.92 Å². The minimum Gasteiger partial charge on any atom is -0.393 e. The SMILES string of the molecule is CCCCCCCCCCCCCCCCC(O)CCCCC(CC)S(=O)(=O)O. The Hall–Kier alpha value is -0.130. The lowest BCUT2D eigenvalue weighted by molar-refractivity contribution is 0.147. The van der Waals surface area contributed by atoms with E-state index in [1.807, 2.05) is 0 Å². The monoisotopic (exact) mass is 434 g/mol. The average Bonchev–Trinajstić information content (AvgIpc) is 2.67. The normalized spacial score (nSPS) is 14.2. The molecule has 176 valence electrons. The third-order valence-electron chi connectivity index (χ3n) is 6.08. The molecule has 0 aromatic heterocycles. The summed E-state index contributed by atoms with van der Waals surface area (Å²) in [4.78, 5) is 0. The van der Waals surface area contributed by atoms with Crippen molar-refractivity contribution in [3.63, 3.8) is 0 Å². The van der Waals surface area contributed by atoms with Gasteiger partial charge in [0.2, 0.25) is 0 Å². The molecule has 29 heavy (non-hydrogen) atoms. The fourth-order valence-corrected chi connectivity index (χ4v) is 4.92. The number of hydrogen-bond acceptors (Lipinski definition) is 3. The highest BCUT2D eigenvalue weighted by atomic mass is 32.2. The second kappa shape index (κ2) is 19.8. The van der Waals surface area contributed by atoms with Gasteiger partial charge in [-0.25, -0.2) is 0 Å². The maximum Gasteiger partial charge on any atom is 0.267 e. The van der Waals surface area contributed by atoms with Crippen molar-refractivity contribution in [2.24, 2.45) is 0 Å². The van der Waals surface area contributed by atoms with Gasteiger partial charge >= 0.3 is 0 Å². The van der Waals surface area contributed by atoms with Crippen molar-refractivity contribution in [3.05, 3.63) is 0 Å². The molecule has 0 bridgehead atoms. The minimum atomic E-state index is -3.92. The molecule has 0 radical (unpaired) electrons. The molecule has 0 amide bonds. The second-order valence-electron chi connectivity index (χ2n) is 8.87. The predicted molar refractivity (Wildman–Crippen MR) is 125 cm³/mol. The van der Waals surface area contributed by atoms with Crippen LogP contribution in [0.5, 0.6) is 0 Å². The van der Waals surface area contributed by atoms with Gasteiger partial charge in [0.1, 0.15) is 0 Å². The van der Waals surface area contributed by atoms with Crippen molar-refractivity contribution in [3.8, 4) is 0 Å². The van der Waals surface area contributed by atoms with Crippen molar-refractivity contribution in [1.29, 1.82) is 0 Å². The highest BCUT2D eigenvalue weighted by Gasteiger charge is 2.20. The first-order valence-corrected chi connectivity index (χ1v) is 14.1. The van der Waals surface area contributed by atoms with Crippen molar-refractivity contribution < 1.29 is 18.1 Å². The lowest BCUT2D eigenvalue weighted by Gasteiger charge is -2.13. The fraction of sp³-hybridized carbons (Fsp3) is 1.00. The van der Waals surface area contributed by atoms with Gasteiger partial charge in [-0.15, -0.1) is 0 Å². The Labute approximate surface area is 182 Å². The first kappa shape index (κ1) is 28.9. The van der Waals surface area contributed by atoms with E-state index in [0.717, 1.165) is 32.1 Å². The van der Waals surface area contributed by atoms with E-state index in [4.69, 9.17) is 4.55 Å². The topological polar surface area (TPSA) is 74.6 Å². The van der Waals surface area contributed by atoms with Gasteiger partial charge in [0, 0.05) is 0 Å². The highest BCUT2D eigenvalue weighted by Crippen LogP contribution is 2.17. The lowest BCUT2D eigenvalue weighted by atomic mass is 10.0. The van der Waals surface area contributed by atoms with Crippen molar-refractivity contribution in [2.75, 3.05) is 0 Å². The summed E-state index contributed by atoms with van der Waals surface area (Å²) in [6, 6.07) is 0. The van der Waals surface area contributed by atoms with Gasteiger partial charge < -0.3 is 5.11 Å². The smallest absolute Gasteiger partial charge is 0.267 e. The molecule has 2 N–H and O–H groups in total. The van der Waals surface area contributed by atoms with Gasteiger partial charge in [-0.1, -0.05) is 117 Å². The maximum absolute atomic E-state index is 11.2. The molecular weight excluding hydrogens is 384 g/mol. The van der Waals surface area contributed by atoms with Gasteiger partial charge in [0.15, 0.2) is 0 Å². The summed E-state index contributed by atoms with van der Waals surface area (Å²) < 4.78 is 31.4. The summed E-state index contributed by atoms with van der Waals surface area (Å²) in [5.74, 6) is 0. The van der Waals surface area contributed by atoms with Crippen LogP contribution >= 0.6 is 0 Å². The molecule has 0 aromatic rings. The number of rotatable bonds is 22. The third kappa shape index (κ3) is 19.6. The summed E-state index contributed by atoms with van der Waals surface area (Å²) in [7, 11) is -3.92. The van der Waals surface area contributed by atoms with Crippen LogP contribution in [0.4, 0.5) is 0 Å². The highest BCUT2D eigenvalue weighted by molar-refractivity contribution is 7.86. The Kier molecular flexibility index (Phi) is 19.7. The molecule has 0 aliphatic heterocycles. The van der Waals surface area contributed by atoms with Crippen LogP contribution in [0, 0.1) is 0 Å². The zero-order valence-corrected chi connectivity index (χ0v) is 20.2. The molecule has 0 saturated carbocycles. The standard InChI is InChI=1S/C24H50O4S/c1-3-5-6-7-8-9-10-11-12-13-14-15-16-17-20-23(25)21-18-19-22-24(4-2)29(26,27)28/h23-25H,3-22H2,1-2H3,(H,26,27,28). The van der Waals surface area contributed by atoms with Crippen LogP contribution in [0.2, 0.25) is 0 Å². The summed E-state index contributed by atoms with van der Waals surface area (Å²) in [6.07, 6.45) is 22.6. The summed E-state index contributed by atoms with van der Waals surface area (Å²) in [5.41, 5.74) is 0. The average molecular weight is 435 g/mol. The summed E-state index contributed by atoms with van der Waals surface area (Å²) >= 11 is 0. The van der Waals surface area contributed by atoms with Crippen molar-refractivity contribution >= 4 is 10.1 Å². The summed E-state index contributed by atoms with van der Waals surface area (Å²) in [6.45, 7) is 4.05. The maximum atomic E-state index is 11.2. The van der Waals surface area contributed by atoms with E-state index >= 15 is 0 Å². The zero-order chi connectivity index (χ0) is 21.8. The number of hydrogen-bond donors (Lipinski definition) is 2. The molecule has 2 unspecified atom stereocenters. The lowest BCUT2D eigenvalue weighted by Crippen LogP contribution is -2.19. The molecule has 2 atom stereocenters. The molecule has 0 rings (SSSR count). The Bertz CT molecular complexity index is 436. The first-order valence-electron chi connectivity index (χ1n) is 12.6. The largest absolute Gasteiger partial charge is 0.393 e. The number of aliphatic hydroxyl groups excluding tert-OH is 1. The molecule has 0 saturated heterocycles. The van der Waals surface area contributed by atoms with Gasteiger partial charge in [-0.3, -0.25) is 4.55 Å². The van der Waals surface area contributed by atoms with E-state index in [9.17, 15) is 13.5 Å². The van der Waals surface area contributed by atoms with E-state index in [0.29, 0.717) is 12.8 Å².